The van der Waals surface area contributed by atoms with Crippen LogP contribution in [0.4, 0.5) is 10.5 Å². The van der Waals surface area contributed by atoms with E-state index in [2.05, 4.69) is 16.7 Å². The fourth-order valence-corrected chi connectivity index (χ4v) is 2.76. The van der Waals surface area contributed by atoms with E-state index in [1.807, 2.05) is 12.1 Å². The van der Waals surface area contributed by atoms with Crippen molar-refractivity contribution in [2.45, 2.75) is 32.1 Å². The number of anilines is 1. The Labute approximate surface area is 130 Å². The van der Waals surface area contributed by atoms with Gasteiger partial charge < -0.3 is 20.1 Å². The highest BCUT2D eigenvalue weighted by molar-refractivity contribution is 5.89. The van der Waals surface area contributed by atoms with Crippen molar-refractivity contribution in [1.82, 2.24) is 5.32 Å². The van der Waals surface area contributed by atoms with Gasteiger partial charge in [-0.05, 0) is 44.2 Å². The van der Waals surface area contributed by atoms with Gasteiger partial charge in [0, 0.05) is 18.3 Å². The number of hydrogen-bond acceptors (Lipinski definition) is 3. The van der Waals surface area contributed by atoms with E-state index in [-0.39, 0.29) is 6.03 Å². The Morgan fingerprint density at radius 3 is 2.82 bits per heavy atom. The molecule has 5 nitrogen and oxygen atoms in total. The Morgan fingerprint density at radius 2 is 2.00 bits per heavy atom. The van der Waals surface area contributed by atoms with Crippen LogP contribution in [0.25, 0.3) is 0 Å². The van der Waals surface area contributed by atoms with Crippen LogP contribution >= 0.6 is 0 Å². The molecule has 0 saturated heterocycles. The SMILES string of the molecule is O=C(NCCC1=CCCCC1)Nc1ccc2c(c1)OCCO2. The Bertz CT molecular complexity index is 569. The molecule has 1 heterocycles. The second kappa shape index (κ2) is 7.20. The number of carbonyl (C=O) groups excluding carboxylic acids is 1. The zero-order valence-electron chi connectivity index (χ0n) is 12.7. The number of carbonyl (C=O) groups is 1. The number of benzene rings is 1. The van der Waals surface area contributed by atoms with Crippen LogP contribution in [0.5, 0.6) is 11.5 Å². The Hall–Kier alpha value is -2.17. The normalized spacial score (nSPS) is 16.6. The summed E-state index contributed by atoms with van der Waals surface area (Å²) in [6, 6.07) is 5.24. The molecule has 0 atom stereocenters. The Balaban J connectivity index is 1.46. The quantitative estimate of drug-likeness (QED) is 0.837. The third kappa shape index (κ3) is 3.93. The van der Waals surface area contributed by atoms with Gasteiger partial charge in [-0.3, -0.25) is 0 Å². The van der Waals surface area contributed by atoms with Gasteiger partial charge in [0.15, 0.2) is 11.5 Å². The Morgan fingerprint density at radius 1 is 1.14 bits per heavy atom. The molecule has 3 rings (SSSR count). The first-order valence-corrected chi connectivity index (χ1v) is 7.94. The lowest BCUT2D eigenvalue weighted by molar-refractivity contribution is 0.171. The minimum absolute atomic E-state index is 0.187. The molecule has 118 valence electrons. The van der Waals surface area contributed by atoms with Gasteiger partial charge in [0.25, 0.3) is 0 Å². The lowest BCUT2D eigenvalue weighted by atomic mass is 9.97. The van der Waals surface area contributed by atoms with Crippen molar-refractivity contribution < 1.29 is 14.3 Å². The molecule has 1 aromatic carbocycles. The van der Waals surface area contributed by atoms with Crippen LogP contribution < -0.4 is 20.1 Å². The van der Waals surface area contributed by atoms with Crippen molar-refractivity contribution in [2.75, 3.05) is 25.1 Å². The number of fused-ring (bicyclic) bond motifs is 1. The first-order chi connectivity index (χ1) is 10.8. The molecule has 2 aliphatic rings. The highest BCUT2D eigenvalue weighted by Gasteiger charge is 2.12. The number of ether oxygens (including phenoxy) is 2. The second-order valence-corrected chi connectivity index (χ2v) is 5.60. The molecule has 5 heteroatoms. The average molecular weight is 302 g/mol. The van der Waals surface area contributed by atoms with Gasteiger partial charge in [-0.15, -0.1) is 0 Å². The molecule has 1 aromatic rings. The average Bonchev–Trinajstić information content (AvgIpc) is 2.56. The molecule has 0 aromatic heterocycles. The van der Waals surface area contributed by atoms with E-state index in [1.54, 1.807) is 6.07 Å². The van der Waals surface area contributed by atoms with Gasteiger partial charge in [-0.2, -0.15) is 0 Å². The van der Waals surface area contributed by atoms with Gasteiger partial charge in [0.05, 0.1) is 0 Å². The van der Waals surface area contributed by atoms with Crippen LogP contribution in [-0.2, 0) is 0 Å². The van der Waals surface area contributed by atoms with Gasteiger partial charge in [0.1, 0.15) is 13.2 Å². The van der Waals surface area contributed by atoms with Crippen molar-refractivity contribution in [2.24, 2.45) is 0 Å². The lowest BCUT2D eigenvalue weighted by Gasteiger charge is -2.19. The van der Waals surface area contributed by atoms with Crippen molar-refractivity contribution >= 4 is 11.7 Å². The fourth-order valence-electron chi connectivity index (χ4n) is 2.76. The summed E-state index contributed by atoms with van der Waals surface area (Å²) in [5.74, 6) is 1.40. The summed E-state index contributed by atoms with van der Waals surface area (Å²) in [6.07, 6.45) is 8.17. The zero-order chi connectivity index (χ0) is 15.2. The molecule has 1 aliphatic carbocycles. The number of allylic oxidation sites excluding steroid dienone is 1. The van der Waals surface area contributed by atoms with Gasteiger partial charge in [0.2, 0.25) is 0 Å². The highest BCUT2D eigenvalue weighted by atomic mass is 16.6. The third-order valence-electron chi connectivity index (χ3n) is 3.92. The summed E-state index contributed by atoms with van der Waals surface area (Å²) in [5, 5.41) is 5.72. The monoisotopic (exact) mass is 302 g/mol. The molecule has 0 bridgehead atoms. The van der Waals surface area contributed by atoms with Crippen LogP contribution in [0.15, 0.2) is 29.8 Å². The van der Waals surface area contributed by atoms with Crippen LogP contribution in [0.3, 0.4) is 0 Å². The molecule has 22 heavy (non-hydrogen) atoms. The number of nitrogens with one attached hydrogen (secondary N) is 2. The van der Waals surface area contributed by atoms with E-state index in [4.69, 9.17) is 9.47 Å². The number of urea groups is 1. The summed E-state index contributed by atoms with van der Waals surface area (Å²) in [5.41, 5.74) is 2.17. The minimum Gasteiger partial charge on any atom is -0.486 e. The number of amides is 2. The van der Waals surface area contributed by atoms with Crippen LogP contribution in [0.1, 0.15) is 32.1 Å². The van der Waals surface area contributed by atoms with Crippen molar-refractivity contribution in [3.8, 4) is 11.5 Å². The zero-order valence-corrected chi connectivity index (χ0v) is 12.7. The molecule has 0 radical (unpaired) electrons. The van der Waals surface area contributed by atoms with E-state index in [9.17, 15) is 4.79 Å². The largest absolute Gasteiger partial charge is 0.486 e. The van der Waals surface area contributed by atoms with Gasteiger partial charge in [-0.25, -0.2) is 4.79 Å². The molecule has 0 saturated carbocycles. The van der Waals surface area contributed by atoms with Crippen LogP contribution in [-0.4, -0.2) is 25.8 Å². The van der Waals surface area contributed by atoms with E-state index in [1.165, 1.54) is 31.3 Å². The second-order valence-electron chi connectivity index (χ2n) is 5.60. The predicted octanol–water partition coefficient (Wildman–Crippen LogP) is 3.47. The molecule has 2 amide bonds. The molecule has 0 fully saturated rings. The maximum absolute atomic E-state index is 11.9. The summed E-state index contributed by atoms with van der Waals surface area (Å²) in [6.45, 7) is 1.77. The van der Waals surface area contributed by atoms with E-state index in [0.29, 0.717) is 31.2 Å². The first kappa shape index (κ1) is 14.8. The van der Waals surface area contributed by atoms with Crippen molar-refractivity contribution in [3.63, 3.8) is 0 Å². The highest BCUT2D eigenvalue weighted by Crippen LogP contribution is 2.32. The summed E-state index contributed by atoms with van der Waals surface area (Å²) in [4.78, 5) is 11.9. The molecule has 0 spiro atoms. The standard InChI is InChI=1S/C17H22N2O3/c20-17(18-9-8-13-4-2-1-3-5-13)19-14-6-7-15-16(12-14)22-11-10-21-15/h4,6-7,12H,1-3,5,8-11H2,(H2,18,19,20). The van der Waals surface area contributed by atoms with Crippen molar-refractivity contribution in [3.05, 3.63) is 29.8 Å². The third-order valence-corrected chi connectivity index (χ3v) is 3.92. The van der Waals surface area contributed by atoms with E-state index >= 15 is 0 Å². The molecule has 1 aliphatic heterocycles. The van der Waals surface area contributed by atoms with Gasteiger partial charge in [-0.1, -0.05) is 11.6 Å². The lowest BCUT2D eigenvalue weighted by Crippen LogP contribution is -2.29. The topological polar surface area (TPSA) is 59.6 Å². The summed E-state index contributed by atoms with van der Waals surface area (Å²) >= 11 is 0. The molecular weight excluding hydrogens is 280 g/mol. The summed E-state index contributed by atoms with van der Waals surface area (Å²) < 4.78 is 11.0. The smallest absolute Gasteiger partial charge is 0.319 e. The molecular formula is C17H22N2O3. The van der Waals surface area contributed by atoms with E-state index in [0.717, 1.165) is 12.2 Å². The first-order valence-electron chi connectivity index (χ1n) is 7.94. The summed E-state index contributed by atoms with van der Waals surface area (Å²) in [7, 11) is 0. The fraction of sp³-hybridized carbons (Fsp3) is 0.471. The Kier molecular flexibility index (Phi) is 4.83. The molecule has 2 N–H and O–H groups in total. The van der Waals surface area contributed by atoms with E-state index < -0.39 is 0 Å². The minimum atomic E-state index is -0.187. The number of hydrogen-bond donors (Lipinski definition) is 2. The maximum atomic E-state index is 11.9. The molecule has 0 unspecified atom stereocenters. The maximum Gasteiger partial charge on any atom is 0.319 e. The van der Waals surface area contributed by atoms with Gasteiger partial charge >= 0.3 is 6.03 Å². The van der Waals surface area contributed by atoms with Crippen LogP contribution in [0.2, 0.25) is 0 Å². The van der Waals surface area contributed by atoms with Crippen LogP contribution in [0, 0.1) is 0 Å². The van der Waals surface area contributed by atoms with Crippen molar-refractivity contribution in [1.29, 1.82) is 0 Å². The number of rotatable bonds is 4. The predicted molar refractivity (Wildman–Crippen MR) is 85.6 cm³/mol.